The van der Waals surface area contributed by atoms with E-state index in [1.165, 1.54) is 44.2 Å². The zero-order valence-corrected chi connectivity index (χ0v) is 14.8. The molecule has 2 aliphatic rings. The Morgan fingerprint density at radius 1 is 1.10 bits per heavy atom. The normalized spacial score (nSPS) is 22.5. The van der Waals surface area contributed by atoms with Crippen LogP contribution in [0.3, 0.4) is 0 Å². The van der Waals surface area contributed by atoms with Crippen LogP contribution in [0.15, 0.2) is 35.4 Å². The van der Waals surface area contributed by atoms with Crippen LogP contribution in [0.5, 0.6) is 5.75 Å². The summed E-state index contributed by atoms with van der Waals surface area (Å²) >= 11 is 0. The van der Waals surface area contributed by atoms with Crippen LogP contribution in [0.2, 0.25) is 0 Å². The van der Waals surface area contributed by atoms with E-state index < -0.39 is 0 Å². The largest absolute Gasteiger partial charge is 0.497 e. The molecule has 21 heavy (non-hydrogen) atoms. The first kappa shape index (κ1) is 16.6. The highest BCUT2D eigenvalue weighted by Crippen LogP contribution is 2.35. The second-order valence-corrected chi connectivity index (χ2v) is 6.13. The van der Waals surface area contributed by atoms with E-state index >= 15 is 0 Å². The Kier molecular flexibility index (Phi) is 5.88. The van der Waals surface area contributed by atoms with Crippen LogP contribution in [0.1, 0.15) is 37.7 Å². The summed E-state index contributed by atoms with van der Waals surface area (Å²) in [5.41, 5.74) is 4.94. The average Bonchev–Trinajstić information content (AvgIpc) is 2.51. The molecular weight excluding hydrogens is 326 g/mol. The van der Waals surface area contributed by atoms with E-state index in [0.29, 0.717) is 6.04 Å². The highest BCUT2D eigenvalue weighted by Gasteiger charge is 2.28. The number of methoxy groups -OCH3 is 1. The molecule has 0 spiro atoms. The number of hydrogen-bond acceptors (Lipinski definition) is 2. The van der Waals surface area contributed by atoms with E-state index in [2.05, 4.69) is 36.2 Å². The second kappa shape index (κ2) is 7.46. The molecule has 0 N–H and O–H groups in total. The lowest BCUT2D eigenvalue weighted by Crippen LogP contribution is -2.40. The first-order valence-electron chi connectivity index (χ1n) is 7.82. The topological polar surface area (TPSA) is 12.5 Å². The molecule has 0 saturated carbocycles. The van der Waals surface area contributed by atoms with Gasteiger partial charge in [0.05, 0.1) is 7.11 Å². The summed E-state index contributed by atoms with van der Waals surface area (Å²) in [4.78, 5) is 2.55. The molecule has 1 aliphatic heterocycles. The molecule has 1 aromatic carbocycles. The van der Waals surface area contributed by atoms with Crippen LogP contribution < -0.4 is 4.74 Å². The highest BCUT2D eigenvalue weighted by molar-refractivity contribution is 8.93. The van der Waals surface area contributed by atoms with Gasteiger partial charge in [-0.3, -0.25) is 4.90 Å². The van der Waals surface area contributed by atoms with Crippen molar-refractivity contribution in [3.05, 3.63) is 41.0 Å². The van der Waals surface area contributed by atoms with Crippen molar-refractivity contribution in [2.45, 2.75) is 44.6 Å². The first-order chi connectivity index (χ1) is 9.78. The molecule has 0 bridgehead atoms. The van der Waals surface area contributed by atoms with Crippen LogP contribution in [0.25, 0.3) is 0 Å². The van der Waals surface area contributed by atoms with E-state index in [1.54, 1.807) is 18.3 Å². The Bertz CT molecular complexity index is 494. The van der Waals surface area contributed by atoms with Gasteiger partial charge in [0.15, 0.2) is 0 Å². The Labute approximate surface area is 138 Å². The number of ether oxygens (including phenoxy) is 1. The third-order valence-electron chi connectivity index (χ3n) is 4.92. The Balaban J connectivity index is 0.00000161. The minimum Gasteiger partial charge on any atom is -0.497 e. The third-order valence-corrected chi connectivity index (χ3v) is 4.92. The molecule has 0 aromatic heterocycles. The highest BCUT2D eigenvalue weighted by atomic mass is 79.9. The fourth-order valence-electron chi connectivity index (χ4n) is 3.68. The van der Waals surface area contributed by atoms with E-state index in [-0.39, 0.29) is 17.0 Å². The Morgan fingerprint density at radius 2 is 1.81 bits per heavy atom. The monoisotopic (exact) mass is 351 g/mol. The van der Waals surface area contributed by atoms with E-state index in [4.69, 9.17) is 4.74 Å². The zero-order valence-electron chi connectivity index (χ0n) is 13.1. The molecule has 0 amide bonds. The van der Waals surface area contributed by atoms with Gasteiger partial charge in [0.25, 0.3) is 0 Å². The minimum atomic E-state index is 0. The molecule has 1 aliphatic carbocycles. The van der Waals surface area contributed by atoms with Gasteiger partial charge in [0.1, 0.15) is 5.75 Å². The van der Waals surface area contributed by atoms with Crippen LogP contribution >= 0.6 is 17.0 Å². The lowest BCUT2D eigenvalue weighted by Gasteiger charge is -2.39. The number of rotatable bonds is 3. The molecular formula is C18H26BrNO. The Hall–Kier alpha value is -0.800. The lowest BCUT2D eigenvalue weighted by atomic mass is 9.81. The summed E-state index contributed by atoms with van der Waals surface area (Å²) in [5, 5.41) is 0. The second-order valence-electron chi connectivity index (χ2n) is 6.13. The zero-order chi connectivity index (χ0) is 13.9. The minimum absolute atomic E-state index is 0. The first-order valence-corrected chi connectivity index (χ1v) is 7.82. The van der Waals surface area contributed by atoms with Gasteiger partial charge in [-0.25, -0.2) is 0 Å². The quantitative estimate of drug-likeness (QED) is 0.748. The fraction of sp³-hybridized carbons (Fsp3) is 0.556. The third kappa shape index (κ3) is 3.70. The standard InChI is InChI=1S/C18H25NO.BrH/c1-19-12-11-15-5-3-4-6-17(15)18(19)13-14-7-9-16(20-2)10-8-14;/h7-10,18H,3-6,11-13H2,1-2H3;1H. The van der Waals surface area contributed by atoms with Crippen LogP contribution in [0.4, 0.5) is 0 Å². The molecule has 2 nitrogen and oxygen atoms in total. The summed E-state index contributed by atoms with van der Waals surface area (Å²) in [7, 11) is 4.01. The van der Waals surface area contributed by atoms with Gasteiger partial charge < -0.3 is 4.74 Å². The van der Waals surface area contributed by atoms with Gasteiger partial charge in [0.2, 0.25) is 0 Å². The number of halogens is 1. The van der Waals surface area contributed by atoms with Crippen molar-refractivity contribution in [1.29, 1.82) is 0 Å². The molecule has 0 fully saturated rings. The number of benzene rings is 1. The van der Waals surface area contributed by atoms with Crippen molar-refractivity contribution >= 4 is 17.0 Å². The molecule has 1 atom stereocenters. The number of hydrogen-bond donors (Lipinski definition) is 0. The summed E-state index contributed by atoms with van der Waals surface area (Å²) in [5.74, 6) is 0.948. The van der Waals surface area contributed by atoms with E-state index in [9.17, 15) is 0 Å². The van der Waals surface area contributed by atoms with Crippen LogP contribution in [-0.4, -0.2) is 31.6 Å². The molecule has 1 unspecified atom stereocenters. The van der Waals surface area contributed by atoms with E-state index in [1.807, 2.05) is 0 Å². The fourth-order valence-corrected chi connectivity index (χ4v) is 3.68. The predicted molar refractivity (Wildman–Crippen MR) is 93.5 cm³/mol. The van der Waals surface area contributed by atoms with Crippen molar-refractivity contribution in [3.63, 3.8) is 0 Å². The van der Waals surface area contributed by atoms with Gasteiger partial charge in [-0.15, -0.1) is 17.0 Å². The van der Waals surface area contributed by atoms with Gasteiger partial charge in [-0.1, -0.05) is 23.3 Å². The molecule has 116 valence electrons. The van der Waals surface area contributed by atoms with Gasteiger partial charge >= 0.3 is 0 Å². The van der Waals surface area contributed by atoms with Crippen molar-refractivity contribution in [3.8, 4) is 5.75 Å². The smallest absolute Gasteiger partial charge is 0.118 e. The summed E-state index contributed by atoms with van der Waals surface area (Å²) < 4.78 is 5.25. The molecule has 0 saturated heterocycles. The molecule has 0 radical (unpaired) electrons. The van der Waals surface area contributed by atoms with Gasteiger partial charge in [-0.05, 0) is 63.3 Å². The summed E-state index contributed by atoms with van der Waals surface area (Å²) in [6.07, 6.45) is 7.89. The maximum Gasteiger partial charge on any atom is 0.118 e. The predicted octanol–water partition coefficient (Wildman–Crippen LogP) is 4.39. The summed E-state index contributed by atoms with van der Waals surface area (Å²) in [6, 6.07) is 9.20. The maximum atomic E-state index is 5.25. The molecule has 1 heterocycles. The van der Waals surface area contributed by atoms with Crippen molar-refractivity contribution in [1.82, 2.24) is 4.90 Å². The SMILES string of the molecule is Br.COc1ccc(CC2C3=C(CCCC3)CCN2C)cc1. The van der Waals surface area contributed by atoms with Gasteiger partial charge in [-0.2, -0.15) is 0 Å². The summed E-state index contributed by atoms with van der Waals surface area (Å²) in [6.45, 7) is 1.22. The molecule has 3 rings (SSSR count). The van der Waals surface area contributed by atoms with Crippen molar-refractivity contribution < 1.29 is 4.74 Å². The number of likely N-dealkylation sites (N-methyl/N-ethyl adjacent to an activating group) is 1. The molecule has 3 heteroatoms. The maximum absolute atomic E-state index is 5.25. The van der Waals surface area contributed by atoms with Crippen molar-refractivity contribution in [2.24, 2.45) is 0 Å². The van der Waals surface area contributed by atoms with Gasteiger partial charge in [0, 0.05) is 12.6 Å². The van der Waals surface area contributed by atoms with Crippen molar-refractivity contribution in [2.75, 3.05) is 20.7 Å². The van der Waals surface area contributed by atoms with E-state index in [0.717, 1.165) is 12.2 Å². The molecule has 1 aromatic rings. The van der Waals surface area contributed by atoms with Crippen LogP contribution in [-0.2, 0) is 6.42 Å². The number of nitrogens with zero attached hydrogens (tertiary/aromatic N) is 1. The van der Waals surface area contributed by atoms with Crippen LogP contribution in [0, 0.1) is 0 Å². The Morgan fingerprint density at radius 3 is 2.52 bits per heavy atom. The lowest BCUT2D eigenvalue weighted by molar-refractivity contribution is 0.242. The average molecular weight is 352 g/mol.